The largest absolute Gasteiger partial charge is 0.436 e. The van der Waals surface area contributed by atoms with Gasteiger partial charge in [-0.1, -0.05) is 77.4 Å². The predicted octanol–water partition coefficient (Wildman–Crippen LogP) is 6.30. The van der Waals surface area contributed by atoms with Crippen LogP contribution in [0.15, 0.2) is 12.2 Å². The van der Waals surface area contributed by atoms with E-state index in [1.165, 1.54) is 70.6 Å². The molecule has 0 spiro atoms. The number of esters is 1. The Morgan fingerprint density at radius 1 is 0.833 bits per heavy atom. The van der Waals surface area contributed by atoms with Crippen molar-refractivity contribution in [1.29, 1.82) is 0 Å². The lowest BCUT2D eigenvalue weighted by atomic mass is 10.1. The van der Waals surface area contributed by atoms with Gasteiger partial charge in [0.15, 0.2) is 6.29 Å². The van der Waals surface area contributed by atoms with Crippen molar-refractivity contribution in [3.63, 3.8) is 0 Å². The van der Waals surface area contributed by atoms with Gasteiger partial charge >= 0.3 is 5.97 Å². The third kappa shape index (κ3) is 17.5. The Morgan fingerprint density at radius 3 is 1.88 bits per heavy atom. The third-order valence-electron chi connectivity index (χ3n) is 4.26. The summed E-state index contributed by atoms with van der Waals surface area (Å²) in [6.45, 7) is 4.05. The minimum Gasteiger partial charge on any atom is -0.436 e. The van der Waals surface area contributed by atoms with Crippen molar-refractivity contribution in [2.45, 2.75) is 116 Å². The van der Waals surface area contributed by atoms with Crippen LogP contribution >= 0.6 is 0 Å². The molecular formula is C21H40O3. The minimum atomic E-state index is -0.930. The second kappa shape index (κ2) is 18.5. The van der Waals surface area contributed by atoms with E-state index in [0.717, 1.165) is 12.8 Å². The molecular weight excluding hydrogens is 300 g/mol. The van der Waals surface area contributed by atoms with Crippen LogP contribution in [-0.4, -0.2) is 17.4 Å². The summed E-state index contributed by atoms with van der Waals surface area (Å²) >= 11 is 0. The van der Waals surface area contributed by atoms with Gasteiger partial charge in [0, 0.05) is 12.8 Å². The molecule has 1 unspecified atom stereocenters. The molecule has 0 rings (SSSR count). The second-order valence-electron chi connectivity index (χ2n) is 6.69. The van der Waals surface area contributed by atoms with Gasteiger partial charge in [-0.25, -0.2) is 0 Å². The molecule has 0 aromatic carbocycles. The molecule has 3 heteroatoms. The number of allylic oxidation sites excluding steroid dienone is 2. The second-order valence-corrected chi connectivity index (χ2v) is 6.69. The molecule has 0 bridgehead atoms. The molecule has 0 aliphatic carbocycles. The maximum absolute atomic E-state index is 11.4. The van der Waals surface area contributed by atoms with Crippen LogP contribution < -0.4 is 0 Å². The van der Waals surface area contributed by atoms with Crippen LogP contribution in [0.3, 0.4) is 0 Å². The van der Waals surface area contributed by atoms with Crippen molar-refractivity contribution < 1.29 is 14.6 Å². The van der Waals surface area contributed by atoms with E-state index in [4.69, 9.17) is 4.74 Å². The number of aliphatic hydroxyl groups excluding tert-OH is 1. The van der Waals surface area contributed by atoms with Gasteiger partial charge < -0.3 is 9.84 Å². The smallest absolute Gasteiger partial charge is 0.308 e. The molecule has 1 atom stereocenters. The summed E-state index contributed by atoms with van der Waals surface area (Å²) in [6.07, 6.45) is 20.8. The summed E-state index contributed by atoms with van der Waals surface area (Å²) < 4.78 is 4.83. The molecule has 0 amide bonds. The molecule has 0 radical (unpaired) electrons. The predicted molar refractivity (Wildman–Crippen MR) is 102 cm³/mol. The SMILES string of the molecule is CCCCCCCC/C=C/CCCCCCCC(=O)OC(O)CC. The first-order valence-electron chi connectivity index (χ1n) is 10.2. The zero-order valence-corrected chi connectivity index (χ0v) is 16.1. The van der Waals surface area contributed by atoms with Gasteiger partial charge in [-0.15, -0.1) is 0 Å². The number of unbranched alkanes of at least 4 members (excludes halogenated alkanes) is 11. The van der Waals surface area contributed by atoms with Crippen LogP contribution in [0.25, 0.3) is 0 Å². The highest BCUT2D eigenvalue weighted by Gasteiger charge is 2.07. The van der Waals surface area contributed by atoms with Crippen LogP contribution in [0.2, 0.25) is 0 Å². The lowest BCUT2D eigenvalue weighted by Gasteiger charge is -2.09. The molecule has 0 fully saturated rings. The van der Waals surface area contributed by atoms with E-state index in [-0.39, 0.29) is 5.97 Å². The average molecular weight is 341 g/mol. The number of aliphatic hydroxyl groups is 1. The van der Waals surface area contributed by atoms with Crippen LogP contribution in [-0.2, 0) is 9.53 Å². The molecule has 0 aliphatic rings. The van der Waals surface area contributed by atoms with E-state index in [9.17, 15) is 9.90 Å². The lowest BCUT2D eigenvalue weighted by Crippen LogP contribution is -2.16. The van der Waals surface area contributed by atoms with Crippen molar-refractivity contribution in [3.8, 4) is 0 Å². The Bertz CT molecular complexity index is 299. The fourth-order valence-corrected chi connectivity index (χ4v) is 2.63. The van der Waals surface area contributed by atoms with Gasteiger partial charge in [-0.05, 0) is 32.1 Å². The first-order valence-corrected chi connectivity index (χ1v) is 10.2. The quantitative estimate of drug-likeness (QED) is 0.146. The highest BCUT2D eigenvalue weighted by Crippen LogP contribution is 2.10. The molecule has 0 heterocycles. The van der Waals surface area contributed by atoms with E-state index >= 15 is 0 Å². The highest BCUT2D eigenvalue weighted by atomic mass is 16.6. The van der Waals surface area contributed by atoms with E-state index in [0.29, 0.717) is 12.8 Å². The van der Waals surface area contributed by atoms with Gasteiger partial charge in [0.2, 0.25) is 0 Å². The first kappa shape index (κ1) is 23.2. The highest BCUT2D eigenvalue weighted by molar-refractivity contribution is 5.69. The zero-order chi connectivity index (χ0) is 17.9. The van der Waals surface area contributed by atoms with Gasteiger partial charge in [0.25, 0.3) is 0 Å². The van der Waals surface area contributed by atoms with Gasteiger partial charge in [-0.3, -0.25) is 4.79 Å². The van der Waals surface area contributed by atoms with E-state index < -0.39 is 6.29 Å². The Hall–Kier alpha value is -0.830. The maximum atomic E-state index is 11.4. The topological polar surface area (TPSA) is 46.5 Å². The van der Waals surface area contributed by atoms with Crippen molar-refractivity contribution in [2.24, 2.45) is 0 Å². The molecule has 0 saturated heterocycles. The monoisotopic (exact) mass is 340 g/mol. The van der Waals surface area contributed by atoms with Crippen LogP contribution in [0, 0.1) is 0 Å². The number of carbonyl (C=O) groups is 1. The van der Waals surface area contributed by atoms with Crippen LogP contribution in [0.5, 0.6) is 0 Å². The number of hydrogen-bond acceptors (Lipinski definition) is 3. The van der Waals surface area contributed by atoms with Crippen molar-refractivity contribution in [2.75, 3.05) is 0 Å². The Morgan fingerprint density at radius 2 is 1.33 bits per heavy atom. The normalized spacial score (nSPS) is 12.6. The Kier molecular flexibility index (Phi) is 17.9. The molecule has 0 aliphatic heterocycles. The molecule has 0 saturated carbocycles. The summed E-state index contributed by atoms with van der Waals surface area (Å²) in [4.78, 5) is 11.4. The van der Waals surface area contributed by atoms with Crippen molar-refractivity contribution in [3.05, 3.63) is 12.2 Å². The fourth-order valence-electron chi connectivity index (χ4n) is 2.63. The first-order chi connectivity index (χ1) is 11.7. The molecule has 3 nitrogen and oxygen atoms in total. The fraction of sp³-hybridized carbons (Fsp3) is 0.857. The maximum Gasteiger partial charge on any atom is 0.308 e. The lowest BCUT2D eigenvalue weighted by molar-refractivity contribution is -0.168. The minimum absolute atomic E-state index is 0.276. The van der Waals surface area contributed by atoms with Crippen LogP contribution in [0.4, 0.5) is 0 Å². The Balaban J connectivity index is 3.22. The summed E-state index contributed by atoms with van der Waals surface area (Å²) in [6, 6.07) is 0. The molecule has 142 valence electrons. The average Bonchev–Trinajstić information content (AvgIpc) is 2.58. The standard InChI is InChI=1S/C21H40O3/c1-3-5-6-7-8-9-10-11-12-13-14-15-16-17-18-19-21(23)24-20(22)4-2/h11-12,20,22H,3-10,13-19H2,1-2H3/b12-11+. The van der Waals surface area contributed by atoms with Gasteiger partial charge in [-0.2, -0.15) is 0 Å². The summed E-state index contributed by atoms with van der Waals surface area (Å²) in [5.74, 6) is -0.276. The number of carbonyl (C=O) groups excluding carboxylic acids is 1. The van der Waals surface area contributed by atoms with Gasteiger partial charge in [0.1, 0.15) is 0 Å². The van der Waals surface area contributed by atoms with Gasteiger partial charge in [0.05, 0.1) is 0 Å². The molecule has 1 N–H and O–H groups in total. The van der Waals surface area contributed by atoms with Crippen LogP contribution in [0.1, 0.15) is 110 Å². The molecule has 0 aromatic heterocycles. The zero-order valence-electron chi connectivity index (χ0n) is 16.1. The summed E-state index contributed by atoms with van der Waals surface area (Å²) in [5.41, 5.74) is 0. The van der Waals surface area contributed by atoms with E-state index in [1.54, 1.807) is 6.92 Å². The van der Waals surface area contributed by atoms with Crippen molar-refractivity contribution >= 4 is 5.97 Å². The summed E-state index contributed by atoms with van der Waals surface area (Å²) in [7, 11) is 0. The molecule has 24 heavy (non-hydrogen) atoms. The summed E-state index contributed by atoms with van der Waals surface area (Å²) in [5, 5.41) is 9.20. The number of rotatable bonds is 17. The van der Waals surface area contributed by atoms with E-state index in [1.807, 2.05) is 0 Å². The Labute approximate surface area is 149 Å². The number of hydrogen-bond donors (Lipinski definition) is 1. The van der Waals surface area contributed by atoms with Crippen molar-refractivity contribution in [1.82, 2.24) is 0 Å². The van der Waals surface area contributed by atoms with E-state index in [2.05, 4.69) is 19.1 Å². The molecule has 0 aromatic rings. The number of ether oxygens (including phenoxy) is 1. The third-order valence-corrected chi connectivity index (χ3v) is 4.26.